The molecule has 0 saturated heterocycles. The van der Waals surface area contributed by atoms with Gasteiger partial charge in [-0.2, -0.15) is 5.10 Å². The fourth-order valence-electron chi connectivity index (χ4n) is 2.33. The molecule has 0 aliphatic heterocycles. The molecule has 2 rings (SSSR count). The summed E-state index contributed by atoms with van der Waals surface area (Å²) in [6.07, 6.45) is 3.25. The average Bonchev–Trinajstić information content (AvgIpc) is 2.95. The highest BCUT2D eigenvalue weighted by atomic mass is 32.1. The zero-order chi connectivity index (χ0) is 14.8. The van der Waals surface area contributed by atoms with Crippen LogP contribution in [0.2, 0.25) is 0 Å². The van der Waals surface area contributed by atoms with E-state index in [2.05, 4.69) is 56.4 Å². The number of aryl methyl sites for hydroxylation is 2. The van der Waals surface area contributed by atoms with Crippen molar-refractivity contribution in [3.8, 4) is 0 Å². The molecular formula is C16H25N3S. The smallest absolute Gasteiger partial charge is 0.0722 e. The van der Waals surface area contributed by atoms with Crippen molar-refractivity contribution in [2.45, 2.75) is 52.6 Å². The molecule has 0 aliphatic carbocycles. The second-order valence-electron chi connectivity index (χ2n) is 6.25. The summed E-state index contributed by atoms with van der Waals surface area (Å²) in [5.74, 6) is 0. The first-order valence-corrected chi connectivity index (χ1v) is 8.03. The van der Waals surface area contributed by atoms with E-state index >= 15 is 0 Å². The third kappa shape index (κ3) is 3.70. The summed E-state index contributed by atoms with van der Waals surface area (Å²) in [5, 5.41) is 8.14. The maximum atomic E-state index is 4.60. The number of nitrogens with one attached hydrogen (secondary N) is 1. The van der Waals surface area contributed by atoms with Gasteiger partial charge >= 0.3 is 0 Å². The monoisotopic (exact) mass is 291 g/mol. The Labute approximate surface area is 126 Å². The second kappa shape index (κ2) is 6.10. The van der Waals surface area contributed by atoms with E-state index in [4.69, 9.17) is 0 Å². The molecule has 2 heterocycles. The molecule has 0 aromatic carbocycles. The lowest BCUT2D eigenvalue weighted by Gasteiger charge is -2.17. The Morgan fingerprint density at radius 2 is 1.90 bits per heavy atom. The minimum absolute atomic E-state index is 0.0938. The van der Waals surface area contributed by atoms with Gasteiger partial charge in [0, 0.05) is 47.1 Å². The van der Waals surface area contributed by atoms with Gasteiger partial charge in [0.05, 0.1) is 5.69 Å². The molecule has 0 radical (unpaired) electrons. The van der Waals surface area contributed by atoms with E-state index in [-0.39, 0.29) is 5.41 Å². The van der Waals surface area contributed by atoms with Crippen LogP contribution in [0, 0.1) is 0 Å². The molecule has 0 unspecified atom stereocenters. The van der Waals surface area contributed by atoms with Gasteiger partial charge in [-0.05, 0) is 18.6 Å². The summed E-state index contributed by atoms with van der Waals surface area (Å²) >= 11 is 1.90. The minimum atomic E-state index is 0.0938. The largest absolute Gasteiger partial charge is 0.308 e. The molecule has 0 atom stereocenters. The van der Waals surface area contributed by atoms with Crippen LogP contribution in [-0.4, -0.2) is 9.78 Å². The zero-order valence-corrected chi connectivity index (χ0v) is 14.0. The lowest BCUT2D eigenvalue weighted by Crippen LogP contribution is -2.18. The standard InChI is InChI=1S/C16H25N3S/c1-6-13-7-8-14(20-13)10-17-9-12-11-19(5)18-15(12)16(2,3)4/h7-8,11,17H,6,9-10H2,1-5H3. The maximum Gasteiger partial charge on any atom is 0.0722 e. The molecule has 0 fully saturated rings. The van der Waals surface area contributed by atoms with Crippen LogP contribution < -0.4 is 5.32 Å². The Balaban J connectivity index is 1.97. The fraction of sp³-hybridized carbons (Fsp3) is 0.562. The van der Waals surface area contributed by atoms with Gasteiger partial charge in [0.2, 0.25) is 0 Å². The number of thiophene rings is 1. The van der Waals surface area contributed by atoms with E-state index in [1.807, 2.05) is 23.1 Å². The van der Waals surface area contributed by atoms with Gasteiger partial charge in [-0.3, -0.25) is 4.68 Å². The zero-order valence-electron chi connectivity index (χ0n) is 13.2. The van der Waals surface area contributed by atoms with Crippen LogP contribution in [0.25, 0.3) is 0 Å². The van der Waals surface area contributed by atoms with E-state index < -0.39 is 0 Å². The van der Waals surface area contributed by atoms with Gasteiger partial charge < -0.3 is 5.32 Å². The van der Waals surface area contributed by atoms with Crippen LogP contribution in [0.3, 0.4) is 0 Å². The highest BCUT2D eigenvalue weighted by Gasteiger charge is 2.21. The van der Waals surface area contributed by atoms with Crippen molar-refractivity contribution in [1.29, 1.82) is 0 Å². The van der Waals surface area contributed by atoms with E-state index in [1.165, 1.54) is 21.0 Å². The highest BCUT2D eigenvalue weighted by Crippen LogP contribution is 2.24. The van der Waals surface area contributed by atoms with Gasteiger partial charge in [0.1, 0.15) is 0 Å². The molecule has 0 saturated carbocycles. The third-order valence-electron chi connectivity index (χ3n) is 3.30. The molecule has 1 N–H and O–H groups in total. The topological polar surface area (TPSA) is 29.9 Å². The summed E-state index contributed by atoms with van der Waals surface area (Å²) in [6.45, 7) is 10.7. The summed E-state index contributed by atoms with van der Waals surface area (Å²) in [5.41, 5.74) is 2.58. The van der Waals surface area contributed by atoms with Crippen molar-refractivity contribution in [3.05, 3.63) is 39.3 Å². The lowest BCUT2D eigenvalue weighted by molar-refractivity contribution is 0.543. The van der Waals surface area contributed by atoms with Crippen LogP contribution in [0.15, 0.2) is 18.3 Å². The molecule has 3 nitrogen and oxygen atoms in total. The molecule has 2 aromatic rings. The minimum Gasteiger partial charge on any atom is -0.308 e. The average molecular weight is 291 g/mol. The molecule has 4 heteroatoms. The number of hydrogen-bond acceptors (Lipinski definition) is 3. The molecule has 0 spiro atoms. The molecule has 110 valence electrons. The van der Waals surface area contributed by atoms with Crippen molar-refractivity contribution in [3.63, 3.8) is 0 Å². The number of hydrogen-bond donors (Lipinski definition) is 1. The Morgan fingerprint density at radius 3 is 2.50 bits per heavy atom. The van der Waals surface area contributed by atoms with E-state index in [0.29, 0.717) is 0 Å². The van der Waals surface area contributed by atoms with Crippen molar-refractivity contribution in [1.82, 2.24) is 15.1 Å². The summed E-state index contributed by atoms with van der Waals surface area (Å²) < 4.78 is 1.91. The van der Waals surface area contributed by atoms with Crippen LogP contribution in [-0.2, 0) is 32.0 Å². The predicted octanol–water partition coefficient (Wildman–Crippen LogP) is 3.63. The maximum absolute atomic E-state index is 4.60. The van der Waals surface area contributed by atoms with E-state index in [9.17, 15) is 0 Å². The SMILES string of the molecule is CCc1ccc(CNCc2cn(C)nc2C(C)(C)C)s1. The Bertz CT molecular complexity index is 561. The van der Waals surface area contributed by atoms with Gasteiger partial charge in [-0.15, -0.1) is 11.3 Å². The Morgan fingerprint density at radius 1 is 1.20 bits per heavy atom. The van der Waals surface area contributed by atoms with Gasteiger partial charge in [-0.1, -0.05) is 27.7 Å². The quantitative estimate of drug-likeness (QED) is 0.911. The normalized spacial score (nSPS) is 12.1. The number of rotatable bonds is 5. The van der Waals surface area contributed by atoms with Crippen molar-refractivity contribution in [2.75, 3.05) is 0 Å². The van der Waals surface area contributed by atoms with Gasteiger partial charge in [0.25, 0.3) is 0 Å². The van der Waals surface area contributed by atoms with E-state index in [1.54, 1.807) is 0 Å². The molecule has 0 aliphatic rings. The molecule has 0 amide bonds. The number of aromatic nitrogens is 2. The van der Waals surface area contributed by atoms with Crippen LogP contribution in [0.1, 0.15) is 48.7 Å². The summed E-state index contributed by atoms with van der Waals surface area (Å²) in [4.78, 5) is 2.86. The first kappa shape index (κ1) is 15.3. The van der Waals surface area contributed by atoms with E-state index in [0.717, 1.165) is 19.5 Å². The predicted molar refractivity (Wildman–Crippen MR) is 86.1 cm³/mol. The first-order chi connectivity index (χ1) is 9.40. The second-order valence-corrected chi connectivity index (χ2v) is 7.50. The Kier molecular flexibility index (Phi) is 4.66. The number of nitrogens with zero attached hydrogens (tertiary/aromatic N) is 2. The molecule has 20 heavy (non-hydrogen) atoms. The van der Waals surface area contributed by atoms with Gasteiger partial charge in [-0.25, -0.2) is 0 Å². The van der Waals surface area contributed by atoms with Crippen LogP contribution in [0.5, 0.6) is 0 Å². The Hall–Kier alpha value is -1.13. The molecule has 0 bridgehead atoms. The van der Waals surface area contributed by atoms with Crippen molar-refractivity contribution in [2.24, 2.45) is 7.05 Å². The summed E-state index contributed by atoms with van der Waals surface area (Å²) in [7, 11) is 1.99. The van der Waals surface area contributed by atoms with Crippen molar-refractivity contribution < 1.29 is 0 Å². The highest BCUT2D eigenvalue weighted by molar-refractivity contribution is 7.11. The first-order valence-electron chi connectivity index (χ1n) is 7.21. The third-order valence-corrected chi connectivity index (χ3v) is 4.52. The lowest BCUT2D eigenvalue weighted by atomic mass is 9.89. The molecular weight excluding hydrogens is 266 g/mol. The van der Waals surface area contributed by atoms with Crippen molar-refractivity contribution >= 4 is 11.3 Å². The van der Waals surface area contributed by atoms with Crippen LogP contribution >= 0.6 is 11.3 Å². The molecule has 2 aromatic heterocycles. The summed E-state index contributed by atoms with van der Waals surface area (Å²) in [6, 6.07) is 4.46. The van der Waals surface area contributed by atoms with Gasteiger partial charge in [0.15, 0.2) is 0 Å². The van der Waals surface area contributed by atoms with Crippen LogP contribution in [0.4, 0.5) is 0 Å². The fourth-order valence-corrected chi connectivity index (χ4v) is 3.25.